The topological polar surface area (TPSA) is 67.4 Å². The molecular formula is C20H22N2O3. The van der Waals surface area contributed by atoms with E-state index in [-0.39, 0.29) is 17.9 Å². The summed E-state index contributed by atoms with van der Waals surface area (Å²) in [7, 11) is 0. The van der Waals surface area contributed by atoms with E-state index in [2.05, 4.69) is 10.6 Å². The van der Waals surface area contributed by atoms with Crippen molar-refractivity contribution in [3.8, 4) is 11.5 Å². The molecule has 0 bridgehead atoms. The molecule has 5 heteroatoms. The van der Waals surface area contributed by atoms with Gasteiger partial charge in [-0.1, -0.05) is 18.2 Å². The molecule has 0 atom stereocenters. The van der Waals surface area contributed by atoms with Crippen LogP contribution in [0.2, 0.25) is 0 Å². The second-order valence-corrected chi connectivity index (χ2v) is 6.77. The standard InChI is InChI=1S/C20H22N2O3/c1-20(2,18(23)21-14-8-9-14)19(24)22-15-10-12-17(13-11-15)25-16-6-4-3-5-7-16/h3-7,10-14H,8-9H2,1-2H3,(H,21,23)(H,22,24). The third-order valence-corrected chi connectivity index (χ3v) is 4.14. The summed E-state index contributed by atoms with van der Waals surface area (Å²) in [4.78, 5) is 24.7. The Bertz CT molecular complexity index is 750. The van der Waals surface area contributed by atoms with E-state index in [9.17, 15) is 9.59 Å². The molecule has 2 N–H and O–H groups in total. The predicted octanol–water partition coefficient (Wildman–Crippen LogP) is 3.72. The molecule has 0 radical (unpaired) electrons. The molecule has 0 saturated heterocycles. The fourth-order valence-corrected chi connectivity index (χ4v) is 2.21. The van der Waals surface area contributed by atoms with Crippen LogP contribution >= 0.6 is 0 Å². The second-order valence-electron chi connectivity index (χ2n) is 6.77. The van der Waals surface area contributed by atoms with Crippen molar-refractivity contribution in [2.75, 3.05) is 5.32 Å². The average Bonchev–Trinajstić information content (AvgIpc) is 3.41. The molecule has 2 amide bonds. The zero-order valence-corrected chi connectivity index (χ0v) is 14.4. The van der Waals surface area contributed by atoms with Gasteiger partial charge in [0, 0.05) is 11.7 Å². The summed E-state index contributed by atoms with van der Waals surface area (Å²) in [6.07, 6.45) is 1.98. The fourth-order valence-electron chi connectivity index (χ4n) is 2.21. The van der Waals surface area contributed by atoms with Crippen LogP contribution in [0.3, 0.4) is 0 Å². The van der Waals surface area contributed by atoms with E-state index in [0.29, 0.717) is 11.4 Å². The summed E-state index contributed by atoms with van der Waals surface area (Å²) in [5.41, 5.74) is -0.500. The summed E-state index contributed by atoms with van der Waals surface area (Å²) >= 11 is 0. The minimum atomic E-state index is -1.12. The van der Waals surface area contributed by atoms with Gasteiger partial charge in [-0.05, 0) is 63.1 Å². The van der Waals surface area contributed by atoms with Gasteiger partial charge in [0.05, 0.1) is 0 Å². The third-order valence-electron chi connectivity index (χ3n) is 4.14. The average molecular weight is 338 g/mol. The van der Waals surface area contributed by atoms with E-state index in [0.717, 1.165) is 18.6 Å². The van der Waals surface area contributed by atoms with E-state index in [1.54, 1.807) is 38.1 Å². The predicted molar refractivity (Wildman–Crippen MR) is 96.5 cm³/mol. The van der Waals surface area contributed by atoms with E-state index in [1.807, 2.05) is 30.3 Å². The number of nitrogens with one attached hydrogen (secondary N) is 2. The van der Waals surface area contributed by atoms with E-state index < -0.39 is 5.41 Å². The summed E-state index contributed by atoms with van der Waals surface area (Å²) < 4.78 is 5.72. The lowest BCUT2D eigenvalue weighted by Crippen LogP contribution is -2.45. The molecule has 0 heterocycles. The van der Waals surface area contributed by atoms with Crippen molar-refractivity contribution in [2.24, 2.45) is 5.41 Å². The van der Waals surface area contributed by atoms with Gasteiger partial charge >= 0.3 is 0 Å². The summed E-state index contributed by atoms with van der Waals surface area (Å²) in [5, 5.41) is 5.67. The Morgan fingerprint density at radius 2 is 1.52 bits per heavy atom. The maximum atomic E-state index is 12.5. The molecule has 5 nitrogen and oxygen atoms in total. The van der Waals surface area contributed by atoms with Crippen LogP contribution in [0.1, 0.15) is 26.7 Å². The van der Waals surface area contributed by atoms with Crippen molar-refractivity contribution in [3.05, 3.63) is 54.6 Å². The molecule has 0 aliphatic heterocycles. The Kier molecular flexibility index (Phi) is 4.74. The quantitative estimate of drug-likeness (QED) is 0.789. The van der Waals surface area contributed by atoms with Crippen molar-refractivity contribution >= 4 is 17.5 Å². The largest absolute Gasteiger partial charge is 0.457 e. The van der Waals surface area contributed by atoms with Crippen molar-refractivity contribution in [3.63, 3.8) is 0 Å². The molecule has 3 rings (SSSR count). The molecule has 0 aromatic heterocycles. The van der Waals surface area contributed by atoms with Gasteiger partial charge in [-0.15, -0.1) is 0 Å². The highest BCUT2D eigenvalue weighted by atomic mass is 16.5. The molecule has 0 spiro atoms. The number of rotatable bonds is 6. The number of benzene rings is 2. The Balaban J connectivity index is 1.60. The maximum absolute atomic E-state index is 12.5. The SMILES string of the molecule is CC(C)(C(=O)Nc1ccc(Oc2ccccc2)cc1)C(=O)NC1CC1. The number of ether oxygens (including phenoxy) is 1. The van der Waals surface area contributed by atoms with E-state index in [1.165, 1.54) is 0 Å². The monoisotopic (exact) mass is 338 g/mol. The van der Waals surface area contributed by atoms with Crippen LogP contribution in [0.15, 0.2) is 54.6 Å². The van der Waals surface area contributed by atoms with Crippen molar-refractivity contribution in [1.29, 1.82) is 0 Å². The smallest absolute Gasteiger partial charge is 0.239 e. The summed E-state index contributed by atoms with van der Waals surface area (Å²) in [6, 6.07) is 16.8. The highest BCUT2D eigenvalue weighted by molar-refractivity contribution is 6.10. The zero-order valence-electron chi connectivity index (χ0n) is 14.4. The van der Waals surface area contributed by atoms with E-state index in [4.69, 9.17) is 4.74 Å². The number of hydrogen-bond donors (Lipinski definition) is 2. The molecule has 2 aromatic carbocycles. The Morgan fingerprint density at radius 3 is 2.12 bits per heavy atom. The van der Waals surface area contributed by atoms with Gasteiger partial charge in [0.1, 0.15) is 16.9 Å². The highest BCUT2D eigenvalue weighted by Gasteiger charge is 2.38. The van der Waals surface area contributed by atoms with E-state index >= 15 is 0 Å². The minimum Gasteiger partial charge on any atom is -0.457 e. The first-order chi connectivity index (χ1) is 11.9. The number of para-hydroxylation sites is 1. The molecule has 2 aromatic rings. The molecule has 25 heavy (non-hydrogen) atoms. The van der Waals surface area contributed by atoms with Crippen LogP contribution in [0.4, 0.5) is 5.69 Å². The number of hydrogen-bond acceptors (Lipinski definition) is 3. The molecule has 1 fully saturated rings. The van der Waals surface area contributed by atoms with Crippen molar-refractivity contribution in [1.82, 2.24) is 5.32 Å². The third kappa shape index (κ3) is 4.38. The van der Waals surface area contributed by atoms with Gasteiger partial charge in [0.25, 0.3) is 0 Å². The lowest BCUT2D eigenvalue weighted by molar-refractivity contribution is -0.138. The number of anilines is 1. The van der Waals surface area contributed by atoms with Gasteiger partial charge in [-0.25, -0.2) is 0 Å². The van der Waals surface area contributed by atoms with Crippen molar-refractivity contribution < 1.29 is 14.3 Å². The summed E-state index contributed by atoms with van der Waals surface area (Å²) in [6.45, 7) is 3.26. The van der Waals surface area contributed by atoms with Gasteiger partial charge in [0.15, 0.2) is 0 Å². The normalized spacial score (nSPS) is 13.8. The van der Waals surface area contributed by atoms with Crippen LogP contribution in [0.5, 0.6) is 11.5 Å². The van der Waals surface area contributed by atoms with Gasteiger partial charge in [-0.3, -0.25) is 9.59 Å². The van der Waals surface area contributed by atoms with Crippen LogP contribution in [-0.4, -0.2) is 17.9 Å². The van der Waals surface area contributed by atoms with Crippen LogP contribution in [0, 0.1) is 5.41 Å². The Labute approximate surface area is 147 Å². The number of carbonyl (C=O) groups excluding carboxylic acids is 2. The van der Waals surface area contributed by atoms with Gasteiger partial charge < -0.3 is 15.4 Å². The maximum Gasteiger partial charge on any atom is 0.239 e. The first kappa shape index (κ1) is 17.0. The minimum absolute atomic E-state index is 0.231. The van der Waals surface area contributed by atoms with Crippen LogP contribution in [-0.2, 0) is 9.59 Å². The molecule has 1 aliphatic rings. The number of carbonyl (C=O) groups is 2. The van der Waals surface area contributed by atoms with Crippen molar-refractivity contribution in [2.45, 2.75) is 32.7 Å². The van der Waals surface area contributed by atoms with Crippen LogP contribution in [0.25, 0.3) is 0 Å². The second kappa shape index (κ2) is 6.97. The fraction of sp³-hybridized carbons (Fsp3) is 0.300. The Hall–Kier alpha value is -2.82. The first-order valence-corrected chi connectivity index (χ1v) is 8.40. The Morgan fingerprint density at radius 1 is 0.920 bits per heavy atom. The molecule has 0 unspecified atom stereocenters. The lowest BCUT2D eigenvalue weighted by atomic mass is 9.91. The lowest BCUT2D eigenvalue weighted by Gasteiger charge is -2.22. The summed E-state index contributed by atoms with van der Waals surface area (Å²) in [5.74, 6) is 0.853. The molecule has 1 saturated carbocycles. The highest BCUT2D eigenvalue weighted by Crippen LogP contribution is 2.26. The first-order valence-electron chi connectivity index (χ1n) is 8.40. The molecular weight excluding hydrogens is 316 g/mol. The molecule has 130 valence electrons. The number of amides is 2. The van der Waals surface area contributed by atoms with Crippen LogP contribution < -0.4 is 15.4 Å². The molecule has 1 aliphatic carbocycles. The van der Waals surface area contributed by atoms with Gasteiger partial charge in [-0.2, -0.15) is 0 Å². The zero-order chi connectivity index (χ0) is 17.9. The van der Waals surface area contributed by atoms with Gasteiger partial charge in [0.2, 0.25) is 11.8 Å².